The standard InChI is InChI=1S/C3H5N5/c4-3(5)8-2-6-1-7-8/h1-2H,(H3,4,5)/p+1. The molecule has 1 aromatic rings. The molecule has 0 amide bonds. The number of rotatable bonds is 0. The highest BCUT2D eigenvalue weighted by Gasteiger charge is 1.97. The van der Waals surface area contributed by atoms with Crippen molar-refractivity contribution in [2.24, 2.45) is 5.73 Å². The van der Waals surface area contributed by atoms with Gasteiger partial charge in [-0.1, -0.05) is 9.78 Å². The fourth-order valence-electron chi connectivity index (χ4n) is 0.342. The van der Waals surface area contributed by atoms with Crippen molar-refractivity contribution in [3.8, 4) is 0 Å². The van der Waals surface area contributed by atoms with Gasteiger partial charge in [0.25, 0.3) is 0 Å². The first-order valence-electron chi connectivity index (χ1n) is 2.03. The van der Waals surface area contributed by atoms with Gasteiger partial charge in [-0.05, 0) is 0 Å². The summed E-state index contributed by atoms with van der Waals surface area (Å²) in [6.07, 6.45) is 2.79. The minimum Gasteiger partial charge on any atom is -0.289 e. The predicted octanol–water partition coefficient (Wildman–Crippen LogP) is -2.80. The highest BCUT2D eigenvalue weighted by Crippen LogP contribution is 1.68. The monoisotopic (exact) mass is 112 g/mol. The molecule has 1 aromatic heterocycles. The lowest BCUT2D eigenvalue weighted by molar-refractivity contribution is -0.120. The first-order valence-corrected chi connectivity index (χ1v) is 2.03. The van der Waals surface area contributed by atoms with Gasteiger partial charge in [0.05, 0.1) is 0 Å². The Morgan fingerprint density at radius 3 is 2.75 bits per heavy atom. The van der Waals surface area contributed by atoms with Crippen LogP contribution in [-0.2, 0) is 0 Å². The first-order chi connectivity index (χ1) is 3.80. The van der Waals surface area contributed by atoms with Gasteiger partial charge in [-0.3, -0.25) is 11.1 Å². The molecule has 5 nitrogen and oxygen atoms in total. The molecule has 0 aliphatic rings. The Hall–Kier alpha value is -1.39. The fourth-order valence-corrected chi connectivity index (χ4v) is 0.342. The topological polar surface area (TPSA) is 82.3 Å². The Balaban J connectivity index is 2.93. The highest BCUT2D eigenvalue weighted by atomic mass is 15.4. The molecule has 1 rings (SSSR count). The van der Waals surface area contributed by atoms with Crippen LogP contribution in [0.5, 0.6) is 0 Å². The van der Waals surface area contributed by atoms with Crippen LogP contribution >= 0.6 is 0 Å². The molecule has 0 aliphatic heterocycles. The van der Waals surface area contributed by atoms with Crippen LogP contribution in [-0.4, -0.2) is 20.7 Å². The molecular formula is C3H6N5+. The van der Waals surface area contributed by atoms with Crippen LogP contribution < -0.4 is 11.1 Å². The Morgan fingerprint density at radius 2 is 2.50 bits per heavy atom. The second kappa shape index (κ2) is 1.61. The van der Waals surface area contributed by atoms with E-state index in [-0.39, 0.29) is 5.96 Å². The summed E-state index contributed by atoms with van der Waals surface area (Å²) in [5, 5.41) is 8.75. The van der Waals surface area contributed by atoms with Crippen molar-refractivity contribution in [1.29, 1.82) is 0 Å². The van der Waals surface area contributed by atoms with Gasteiger partial charge < -0.3 is 0 Å². The molecule has 0 aliphatic carbocycles. The lowest BCUT2D eigenvalue weighted by Gasteiger charge is -1.79. The summed E-state index contributed by atoms with van der Waals surface area (Å²) in [5.41, 5.74) is 5.11. The lowest BCUT2D eigenvalue weighted by atomic mass is 11.0. The van der Waals surface area contributed by atoms with E-state index in [0.29, 0.717) is 0 Å². The predicted molar refractivity (Wildman–Crippen MR) is 26.5 cm³/mol. The number of hydrogen-bond acceptors (Lipinski definition) is 2. The van der Waals surface area contributed by atoms with Gasteiger partial charge in [0.15, 0.2) is 12.7 Å². The zero-order valence-corrected chi connectivity index (χ0v) is 4.15. The summed E-state index contributed by atoms with van der Waals surface area (Å²) in [7, 11) is 0. The molecule has 0 aromatic carbocycles. The molecule has 0 fully saturated rings. The molecule has 0 saturated heterocycles. The van der Waals surface area contributed by atoms with Gasteiger partial charge in [0.2, 0.25) is 0 Å². The van der Waals surface area contributed by atoms with E-state index in [1.807, 2.05) is 0 Å². The number of hydrogen-bond donors (Lipinski definition) is 2. The van der Waals surface area contributed by atoms with Crippen LogP contribution in [0.15, 0.2) is 12.7 Å². The van der Waals surface area contributed by atoms with E-state index in [1.165, 1.54) is 17.3 Å². The molecule has 0 unspecified atom stereocenters. The minimum atomic E-state index is 0.127. The first kappa shape index (κ1) is 4.76. The molecule has 42 valence electrons. The minimum absolute atomic E-state index is 0.127. The molecule has 0 spiro atoms. The molecule has 0 bridgehead atoms. The largest absolute Gasteiger partial charge is 0.371 e. The van der Waals surface area contributed by atoms with Gasteiger partial charge in [0.1, 0.15) is 0 Å². The number of nitrogens with two attached hydrogens (primary N) is 2. The van der Waals surface area contributed by atoms with Crippen LogP contribution in [0.25, 0.3) is 0 Å². The fraction of sp³-hybridized carbons (Fsp3) is 0. The summed E-state index contributed by atoms with van der Waals surface area (Å²) < 4.78 is 1.28. The number of nitrogens with zero attached hydrogens (tertiary/aromatic N) is 3. The van der Waals surface area contributed by atoms with Gasteiger partial charge in [-0.2, -0.15) is 0 Å². The molecule has 0 saturated carbocycles. The summed E-state index contributed by atoms with van der Waals surface area (Å²) in [4.78, 5) is 3.61. The summed E-state index contributed by atoms with van der Waals surface area (Å²) in [6, 6.07) is 0. The summed E-state index contributed by atoms with van der Waals surface area (Å²) >= 11 is 0. The molecule has 0 atom stereocenters. The van der Waals surface area contributed by atoms with Crippen LogP contribution in [0, 0.1) is 0 Å². The van der Waals surface area contributed by atoms with E-state index < -0.39 is 0 Å². The SMILES string of the molecule is NC(=[NH2+])n1cncn1. The third-order valence-electron chi connectivity index (χ3n) is 0.683. The molecule has 0 radical (unpaired) electrons. The highest BCUT2D eigenvalue weighted by molar-refractivity contribution is 5.72. The van der Waals surface area contributed by atoms with E-state index in [0.717, 1.165) is 0 Å². The van der Waals surface area contributed by atoms with Crippen molar-refractivity contribution >= 4 is 5.96 Å². The van der Waals surface area contributed by atoms with E-state index >= 15 is 0 Å². The van der Waals surface area contributed by atoms with Crippen LogP contribution in [0.3, 0.4) is 0 Å². The number of aromatic nitrogens is 3. The zero-order valence-electron chi connectivity index (χ0n) is 4.15. The lowest BCUT2D eigenvalue weighted by Crippen LogP contribution is -2.50. The maximum atomic E-state index is 5.11. The maximum Gasteiger partial charge on any atom is 0.371 e. The second-order valence-electron chi connectivity index (χ2n) is 1.26. The molecule has 8 heavy (non-hydrogen) atoms. The Labute approximate surface area is 45.6 Å². The van der Waals surface area contributed by atoms with Crippen molar-refractivity contribution < 1.29 is 5.41 Å². The normalized spacial score (nSPS) is 9.00. The van der Waals surface area contributed by atoms with E-state index in [4.69, 9.17) is 11.1 Å². The van der Waals surface area contributed by atoms with E-state index in [1.54, 1.807) is 0 Å². The molecule has 5 heteroatoms. The van der Waals surface area contributed by atoms with Gasteiger partial charge in [-0.25, -0.2) is 4.98 Å². The van der Waals surface area contributed by atoms with E-state index in [2.05, 4.69) is 10.1 Å². The Bertz CT molecular complexity index is 176. The molecule has 1 heterocycles. The molecular weight excluding hydrogens is 106 g/mol. The van der Waals surface area contributed by atoms with Gasteiger partial charge in [0, 0.05) is 0 Å². The zero-order chi connectivity index (χ0) is 5.98. The smallest absolute Gasteiger partial charge is 0.289 e. The quantitative estimate of drug-likeness (QED) is 0.281. The van der Waals surface area contributed by atoms with Crippen molar-refractivity contribution in [1.82, 2.24) is 14.8 Å². The molecule has 4 N–H and O–H groups in total. The van der Waals surface area contributed by atoms with Crippen molar-refractivity contribution in [3.05, 3.63) is 12.7 Å². The maximum absolute atomic E-state index is 5.11. The second-order valence-corrected chi connectivity index (χ2v) is 1.26. The van der Waals surface area contributed by atoms with Crippen LogP contribution in [0.4, 0.5) is 0 Å². The van der Waals surface area contributed by atoms with Crippen molar-refractivity contribution in [2.45, 2.75) is 0 Å². The van der Waals surface area contributed by atoms with Gasteiger partial charge >= 0.3 is 5.96 Å². The third kappa shape index (κ3) is 0.651. The average Bonchev–Trinajstić information content (AvgIpc) is 2.12. The van der Waals surface area contributed by atoms with Crippen molar-refractivity contribution in [2.75, 3.05) is 0 Å². The summed E-state index contributed by atoms with van der Waals surface area (Å²) in [5.74, 6) is 0.127. The summed E-state index contributed by atoms with van der Waals surface area (Å²) in [6.45, 7) is 0. The van der Waals surface area contributed by atoms with Crippen LogP contribution in [0.2, 0.25) is 0 Å². The Kier molecular flexibility index (Phi) is 0.957. The van der Waals surface area contributed by atoms with Gasteiger partial charge in [-0.15, -0.1) is 0 Å². The van der Waals surface area contributed by atoms with E-state index in [9.17, 15) is 0 Å². The van der Waals surface area contributed by atoms with Crippen molar-refractivity contribution in [3.63, 3.8) is 0 Å². The third-order valence-corrected chi connectivity index (χ3v) is 0.683. The van der Waals surface area contributed by atoms with Crippen LogP contribution in [0.1, 0.15) is 0 Å². The average molecular weight is 112 g/mol. The Morgan fingerprint density at radius 1 is 1.75 bits per heavy atom.